The molecule has 17 heteroatoms. The van der Waals surface area contributed by atoms with E-state index in [1.54, 1.807) is 0 Å². The summed E-state index contributed by atoms with van der Waals surface area (Å²) in [7, 11) is -7.34. The molecule has 4 heterocycles. The summed E-state index contributed by atoms with van der Waals surface area (Å²) in [6.45, 7) is 0. The predicted octanol–water partition coefficient (Wildman–Crippen LogP) is -0.503. The third-order valence-electron chi connectivity index (χ3n) is 3.06. The monoisotopic (exact) mass is 486 g/mol. The number of nitrogens with two attached hydrogens (primary N) is 2. The first-order chi connectivity index (χ1) is 14.6. The van der Waals surface area contributed by atoms with E-state index in [1.165, 1.54) is 60.5 Å². The maximum atomic E-state index is 10.9. The molecule has 0 aromatic carbocycles. The van der Waals surface area contributed by atoms with Gasteiger partial charge in [-0.05, 0) is 24.3 Å². The minimum atomic E-state index is -3.70. The van der Waals surface area contributed by atoms with Gasteiger partial charge in [-0.25, -0.2) is 51.7 Å². The predicted molar refractivity (Wildman–Crippen MR) is 108 cm³/mol. The smallest absolute Gasteiger partial charge is 0.239 e. The van der Waals surface area contributed by atoms with Crippen LogP contribution in [0, 0.1) is 0 Å². The molecule has 14 nitrogen and oxygen atoms in total. The Labute approximate surface area is 181 Å². The third-order valence-corrected chi connectivity index (χ3v) is 5.08. The average molecular weight is 487 g/mol. The molecule has 0 saturated carbocycles. The van der Waals surface area contributed by atoms with Crippen molar-refractivity contribution in [2.75, 3.05) is 0 Å². The standard InChI is InChI=1S/C7H7N5O2S.C5H5ClN2O2S.C2H3N3/c8-15(13,14)6-1-2-7(10-3-6)12-5-9-4-11-12;6-5-2-1-4(3-8-5)11(7,9)10;1-3-2-5-4-1/h1-5H,(H2,8,13,14);1-3H,(H2,7,9,10);1-2H,(H,3,4,5). The molecule has 0 radical (unpaired) electrons. The van der Waals surface area contributed by atoms with Gasteiger partial charge < -0.3 is 0 Å². The van der Waals surface area contributed by atoms with Gasteiger partial charge in [0.2, 0.25) is 20.0 Å². The van der Waals surface area contributed by atoms with Crippen molar-refractivity contribution in [3.8, 4) is 5.82 Å². The fourth-order valence-corrected chi connectivity index (χ4v) is 2.73. The summed E-state index contributed by atoms with van der Waals surface area (Å²) in [5.41, 5.74) is 0. The fraction of sp³-hybridized carbons (Fsp3) is 0. The molecule has 4 rings (SSSR count). The number of pyridine rings is 2. The lowest BCUT2D eigenvalue weighted by Gasteiger charge is -2.00. The summed E-state index contributed by atoms with van der Waals surface area (Å²) in [5.74, 6) is 0.472. The zero-order chi connectivity index (χ0) is 22.9. The van der Waals surface area contributed by atoms with E-state index in [0.29, 0.717) is 5.82 Å². The Hall–Kier alpha value is -3.31. The quantitative estimate of drug-likeness (QED) is 0.315. The highest BCUT2D eigenvalue weighted by Gasteiger charge is 2.08. The first kappa shape index (κ1) is 24.0. The second-order valence-electron chi connectivity index (χ2n) is 5.25. The fourth-order valence-electron chi connectivity index (χ4n) is 1.70. The van der Waals surface area contributed by atoms with Crippen molar-refractivity contribution in [1.29, 1.82) is 0 Å². The first-order valence-electron chi connectivity index (χ1n) is 7.84. The van der Waals surface area contributed by atoms with E-state index in [-0.39, 0.29) is 14.9 Å². The van der Waals surface area contributed by atoms with Crippen LogP contribution < -0.4 is 10.3 Å². The van der Waals surface area contributed by atoms with Gasteiger partial charge in [0.25, 0.3) is 0 Å². The molecular formula is C14H15ClN10O4S2. The van der Waals surface area contributed by atoms with E-state index in [1.807, 2.05) is 0 Å². The topological polar surface area (TPSA) is 218 Å². The lowest BCUT2D eigenvalue weighted by Crippen LogP contribution is -2.12. The van der Waals surface area contributed by atoms with Crippen LogP contribution in [0.3, 0.4) is 0 Å². The lowest BCUT2D eigenvalue weighted by atomic mass is 10.5. The Balaban J connectivity index is 0.000000186. The third kappa shape index (κ3) is 8.15. The number of aromatic nitrogens is 8. The van der Waals surface area contributed by atoms with Crippen molar-refractivity contribution >= 4 is 31.6 Å². The highest BCUT2D eigenvalue weighted by Crippen LogP contribution is 2.08. The number of nitrogens with zero attached hydrogens (tertiary/aromatic N) is 7. The van der Waals surface area contributed by atoms with E-state index < -0.39 is 20.0 Å². The number of aromatic amines is 1. The number of halogens is 1. The average Bonchev–Trinajstić information content (AvgIpc) is 3.44. The van der Waals surface area contributed by atoms with Crippen molar-refractivity contribution in [2.24, 2.45) is 10.3 Å². The van der Waals surface area contributed by atoms with Crippen molar-refractivity contribution in [1.82, 2.24) is 39.9 Å². The maximum absolute atomic E-state index is 10.9. The Kier molecular flexibility index (Phi) is 8.22. The number of hydrogen-bond acceptors (Lipinski definition) is 10. The van der Waals surface area contributed by atoms with E-state index in [0.717, 1.165) is 6.20 Å². The molecule has 4 aromatic rings. The van der Waals surface area contributed by atoms with Gasteiger partial charge in [0, 0.05) is 12.4 Å². The van der Waals surface area contributed by atoms with Crippen LogP contribution in [0.4, 0.5) is 0 Å². The van der Waals surface area contributed by atoms with Gasteiger partial charge in [-0.3, -0.25) is 5.10 Å². The molecule has 0 amide bonds. The maximum Gasteiger partial charge on any atom is 0.239 e. The zero-order valence-corrected chi connectivity index (χ0v) is 17.8. The Morgan fingerprint density at radius 1 is 0.871 bits per heavy atom. The Morgan fingerprint density at radius 3 is 1.87 bits per heavy atom. The van der Waals surface area contributed by atoms with Crippen LogP contribution >= 0.6 is 11.6 Å². The molecule has 5 N–H and O–H groups in total. The number of hydrogen-bond donors (Lipinski definition) is 3. The molecule has 0 spiro atoms. The minimum Gasteiger partial charge on any atom is -0.266 e. The van der Waals surface area contributed by atoms with Gasteiger partial charge in [0.15, 0.2) is 5.82 Å². The molecule has 31 heavy (non-hydrogen) atoms. The van der Waals surface area contributed by atoms with E-state index in [4.69, 9.17) is 21.9 Å². The van der Waals surface area contributed by atoms with Crippen LogP contribution in [0.15, 0.2) is 71.8 Å². The first-order valence-corrected chi connectivity index (χ1v) is 11.3. The Bertz CT molecular complexity index is 1240. The van der Waals surface area contributed by atoms with Crippen molar-refractivity contribution in [3.05, 3.63) is 67.1 Å². The summed E-state index contributed by atoms with van der Waals surface area (Å²) < 4.78 is 44.6. The summed E-state index contributed by atoms with van der Waals surface area (Å²) in [5, 5.41) is 19.8. The second kappa shape index (κ2) is 10.6. The minimum absolute atomic E-state index is 0.0358. The molecule has 0 unspecified atom stereocenters. The molecule has 0 aliphatic rings. The van der Waals surface area contributed by atoms with Gasteiger partial charge in [0.1, 0.15) is 40.3 Å². The molecule has 164 valence electrons. The van der Waals surface area contributed by atoms with Gasteiger partial charge in [0.05, 0.1) is 0 Å². The second-order valence-corrected chi connectivity index (χ2v) is 8.76. The highest BCUT2D eigenvalue weighted by atomic mass is 35.5. The summed E-state index contributed by atoms with van der Waals surface area (Å²) in [4.78, 5) is 14.7. The zero-order valence-electron chi connectivity index (χ0n) is 15.4. The molecule has 4 aromatic heterocycles. The van der Waals surface area contributed by atoms with Crippen LogP contribution in [0.2, 0.25) is 5.15 Å². The number of primary sulfonamides is 2. The van der Waals surface area contributed by atoms with Crippen molar-refractivity contribution in [3.63, 3.8) is 0 Å². The SMILES string of the molecule is NS(=O)(=O)c1ccc(-n2cncn2)nc1.NS(=O)(=O)c1ccc(Cl)nc1.c1nc[nH]n1. The van der Waals surface area contributed by atoms with Crippen LogP contribution in [0.25, 0.3) is 5.82 Å². The van der Waals surface area contributed by atoms with Crippen molar-refractivity contribution < 1.29 is 16.8 Å². The van der Waals surface area contributed by atoms with Gasteiger partial charge in [-0.1, -0.05) is 11.6 Å². The van der Waals surface area contributed by atoms with Gasteiger partial charge >= 0.3 is 0 Å². The molecule has 0 aliphatic heterocycles. The molecular weight excluding hydrogens is 472 g/mol. The van der Waals surface area contributed by atoms with Crippen molar-refractivity contribution in [2.45, 2.75) is 9.79 Å². The normalized spacial score (nSPS) is 10.9. The summed E-state index contributed by atoms with van der Waals surface area (Å²) >= 11 is 5.42. The number of H-pyrrole nitrogens is 1. The number of nitrogens with one attached hydrogen (secondary N) is 1. The summed E-state index contributed by atoms with van der Waals surface area (Å²) in [6, 6.07) is 5.51. The molecule has 0 atom stereocenters. The Morgan fingerprint density at radius 2 is 1.52 bits per heavy atom. The number of rotatable bonds is 3. The van der Waals surface area contributed by atoms with E-state index in [2.05, 4.69) is 35.2 Å². The molecule has 0 saturated heterocycles. The number of sulfonamides is 2. The van der Waals surface area contributed by atoms with Crippen LogP contribution in [-0.2, 0) is 20.0 Å². The highest BCUT2D eigenvalue weighted by molar-refractivity contribution is 7.89. The molecule has 0 aliphatic carbocycles. The molecule has 0 fully saturated rings. The summed E-state index contributed by atoms with van der Waals surface area (Å²) in [6.07, 6.45) is 8.05. The van der Waals surface area contributed by atoms with E-state index in [9.17, 15) is 16.8 Å². The van der Waals surface area contributed by atoms with Crippen LogP contribution in [-0.4, -0.2) is 56.7 Å². The molecule has 0 bridgehead atoms. The largest absolute Gasteiger partial charge is 0.266 e. The van der Waals surface area contributed by atoms with Gasteiger partial charge in [-0.2, -0.15) is 10.2 Å². The van der Waals surface area contributed by atoms with Gasteiger partial charge in [-0.15, -0.1) is 0 Å². The van der Waals surface area contributed by atoms with Crippen LogP contribution in [0.5, 0.6) is 0 Å². The van der Waals surface area contributed by atoms with E-state index >= 15 is 0 Å². The van der Waals surface area contributed by atoms with Crippen LogP contribution in [0.1, 0.15) is 0 Å². The lowest BCUT2D eigenvalue weighted by molar-refractivity contribution is 0.595.